The van der Waals surface area contributed by atoms with Gasteiger partial charge < -0.3 is 25.6 Å². The lowest BCUT2D eigenvalue weighted by atomic mass is 9.79. The molecule has 0 spiro atoms. The molecule has 4 N–H and O–H groups in total. The van der Waals surface area contributed by atoms with E-state index in [4.69, 9.17) is 0 Å². The number of piperidine rings is 1. The zero-order valence-electron chi connectivity index (χ0n) is 27.2. The standard InChI is InChI=1S/C38H38N6O3/c1-37(2)20-26(21-38(3,4)43-37)40-35(46)25-13-10-12-23(17-25)28-19-30(27-14-7-9-16-33(27)45)41-34(29(28)22-39)42-36(47)32-18-24-11-6-8-15-31(24)44(32)5/h6-19,26,43,45H,20-21H2,1-5H3,(H,40,46)(H,41,42,47). The van der Waals surface area contributed by atoms with Crippen molar-refractivity contribution in [3.8, 4) is 34.2 Å². The van der Waals surface area contributed by atoms with Gasteiger partial charge in [0, 0.05) is 51.8 Å². The van der Waals surface area contributed by atoms with Crippen molar-refractivity contribution in [3.05, 3.63) is 102 Å². The summed E-state index contributed by atoms with van der Waals surface area (Å²) in [6.45, 7) is 8.55. The number of nitrogens with one attached hydrogen (secondary N) is 3. The second-order valence-corrected chi connectivity index (χ2v) is 13.6. The molecule has 1 saturated heterocycles. The second-order valence-electron chi connectivity index (χ2n) is 13.6. The fraction of sp³-hybridized carbons (Fsp3) is 0.263. The highest BCUT2D eigenvalue weighted by Gasteiger charge is 2.38. The predicted molar refractivity (Wildman–Crippen MR) is 184 cm³/mol. The molecule has 9 heteroatoms. The van der Waals surface area contributed by atoms with E-state index in [1.165, 1.54) is 0 Å². The average molecular weight is 627 g/mol. The van der Waals surface area contributed by atoms with Gasteiger partial charge in [-0.1, -0.05) is 42.5 Å². The Kier molecular flexibility index (Phi) is 8.08. The van der Waals surface area contributed by atoms with Gasteiger partial charge in [0.25, 0.3) is 11.8 Å². The van der Waals surface area contributed by atoms with Crippen molar-refractivity contribution >= 4 is 28.5 Å². The number of para-hydroxylation sites is 2. The van der Waals surface area contributed by atoms with Gasteiger partial charge in [-0.15, -0.1) is 0 Å². The smallest absolute Gasteiger partial charge is 0.273 e. The molecule has 0 bridgehead atoms. The maximum absolute atomic E-state index is 13.7. The Hall–Kier alpha value is -5.46. The first kappa shape index (κ1) is 31.5. The van der Waals surface area contributed by atoms with E-state index in [2.05, 4.69) is 54.7 Å². The third kappa shape index (κ3) is 6.46. The van der Waals surface area contributed by atoms with E-state index in [0.717, 1.165) is 23.7 Å². The van der Waals surface area contributed by atoms with Gasteiger partial charge in [-0.25, -0.2) is 4.98 Å². The zero-order valence-corrected chi connectivity index (χ0v) is 27.2. The molecule has 6 rings (SSSR count). The molecule has 47 heavy (non-hydrogen) atoms. The van der Waals surface area contributed by atoms with Crippen LogP contribution >= 0.6 is 0 Å². The third-order valence-corrected chi connectivity index (χ3v) is 8.69. The summed E-state index contributed by atoms with van der Waals surface area (Å²) >= 11 is 0. The summed E-state index contributed by atoms with van der Waals surface area (Å²) in [5.41, 5.74) is 3.46. The van der Waals surface area contributed by atoms with E-state index in [9.17, 15) is 20.0 Å². The number of anilines is 1. The lowest BCUT2D eigenvalue weighted by molar-refractivity contribution is 0.0872. The van der Waals surface area contributed by atoms with Gasteiger partial charge in [-0.2, -0.15) is 5.26 Å². The van der Waals surface area contributed by atoms with Crippen molar-refractivity contribution < 1.29 is 14.7 Å². The number of aromatic nitrogens is 2. The number of nitriles is 1. The fourth-order valence-electron chi connectivity index (χ4n) is 7.00. The summed E-state index contributed by atoms with van der Waals surface area (Å²) in [7, 11) is 1.81. The zero-order chi connectivity index (χ0) is 33.5. The summed E-state index contributed by atoms with van der Waals surface area (Å²) < 4.78 is 1.79. The number of pyridine rings is 1. The number of phenols is 1. The monoisotopic (exact) mass is 626 g/mol. The van der Waals surface area contributed by atoms with Crippen LogP contribution in [0.3, 0.4) is 0 Å². The van der Waals surface area contributed by atoms with Crippen LogP contribution in [-0.2, 0) is 7.05 Å². The molecule has 2 amide bonds. The van der Waals surface area contributed by atoms with Crippen molar-refractivity contribution in [2.45, 2.75) is 57.7 Å². The molecular formula is C38H38N6O3. The highest BCUT2D eigenvalue weighted by molar-refractivity contribution is 6.07. The lowest BCUT2D eigenvalue weighted by Gasteiger charge is -2.46. The molecule has 0 unspecified atom stereocenters. The van der Waals surface area contributed by atoms with E-state index >= 15 is 0 Å². The normalized spacial score (nSPS) is 15.6. The van der Waals surface area contributed by atoms with Gasteiger partial charge in [-0.3, -0.25) is 9.59 Å². The van der Waals surface area contributed by atoms with Gasteiger partial charge >= 0.3 is 0 Å². The topological polar surface area (TPSA) is 132 Å². The summed E-state index contributed by atoms with van der Waals surface area (Å²) in [6.07, 6.45) is 1.57. The number of amides is 2. The quantitative estimate of drug-likeness (QED) is 0.164. The van der Waals surface area contributed by atoms with Gasteiger partial charge in [0.05, 0.1) is 5.69 Å². The van der Waals surface area contributed by atoms with E-state index < -0.39 is 5.91 Å². The van der Waals surface area contributed by atoms with Crippen molar-refractivity contribution in [2.24, 2.45) is 7.05 Å². The average Bonchev–Trinajstić information content (AvgIpc) is 3.36. The minimum absolute atomic E-state index is 0.00238. The Labute approximate surface area is 274 Å². The second kappa shape index (κ2) is 12.0. The van der Waals surface area contributed by atoms with Gasteiger partial charge in [0.2, 0.25) is 0 Å². The highest BCUT2D eigenvalue weighted by atomic mass is 16.3. The molecule has 1 aliphatic rings. The van der Waals surface area contributed by atoms with Crippen LogP contribution in [0.15, 0.2) is 84.9 Å². The Morgan fingerprint density at radius 1 is 0.915 bits per heavy atom. The number of hydrogen-bond donors (Lipinski definition) is 4. The summed E-state index contributed by atoms with van der Waals surface area (Å²) in [5, 5.41) is 31.8. The molecule has 3 heterocycles. The van der Waals surface area contributed by atoms with E-state index in [1.54, 1.807) is 59.2 Å². The number of hydrogen-bond acceptors (Lipinski definition) is 6. The predicted octanol–water partition coefficient (Wildman–Crippen LogP) is 6.78. The van der Waals surface area contributed by atoms with E-state index in [1.807, 2.05) is 37.4 Å². The number of phenolic OH excluding ortho intramolecular Hbond substituents is 1. The summed E-state index contributed by atoms with van der Waals surface area (Å²) in [5.74, 6) is -0.590. The number of aromatic hydroxyl groups is 1. The van der Waals surface area contributed by atoms with Crippen LogP contribution in [0.4, 0.5) is 5.82 Å². The summed E-state index contributed by atoms with van der Waals surface area (Å²) in [4.78, 5) is 31.9. The number of fused-ring (bicyclic) bond motifs is 1. The van der Waals surface area contributed by atoms with Crippen LogP contribution in [0.2, 0.25) is 0 Å². The first-order valence-corrected chi connectivity index (χ1v) is 15.6. The van der Waals surface area contributed by atoms with Crippen molar-refractivity contribution in [1.29, 1.82) is 5.26 Å². The van der Waals surface area contributed by atoms with Crippen LogP contribution in [0.1, 0.15) is 66.9 Å². The maximum atomic E-state index is 13.7. The number of carbonyl (C=O) groups excluding carboxylic acids is 2. The van der Waals surface area contributed by atoms with Crippen LogP contribution < -0.4 is 16.0 Å². The molecule has 2 aromatic heterocycles. The molecule has 5 aromatic rings. The minimum Gasteiger partial charge on any atom is -0.507 e. The van der Waals surface area contributed by atoms with Crippen LogP contribution in [-0.4, -0.2) is 43.6 Å². The fourth-order valence-corrected chi connectivity index (χ4v) is 7.00. The molecule has 0 atom stereocenters. The Balaban J connectivity index is 1.40. The largest absolute Gasteiger partial charge is 0.507 e. The van der Waals surface area contributed by atoms with Crippen LogP contribution in [0, 0.1) is 11.3 Å². The lowest BCUT2D eigenvalue weighted by Crippen LogP contribution is -2.62. The number of carbonyl (C=O) groups is 2. The van der Waals surface area contributed by atoms with E-state index in [-0.39, 0.29) is 40.2 Å². The first-order valence-electron chi connectivity index (χ1n) is 15.6. The molecule has 238 valence electrons. The molecule has 0 aliphatic carbocycles. The molecule has 0 radical (unpaired) electrons. The molecule has 3 aromatic carbocycles. The van der Waals surface area contributed by atoms with Crippen LogP contribution in [0.5, 0.6) is 5.75 Å². The molecule has 0 saturated carbocycles. The Morgan fingerprint density at radius 3 is 2.32 bits per heavy atom. The Bertz CT molecular complexity index is 2050. The van der Waals surface area contributed by atoms with Gasteiger partial charge in [0.15, 0.2) is 5.82 Å². The van der Waals surface area contributed by atoms with Crippen molar-refractivity contribution in [1.82, 2.24) is 20.2 Å². The maximum Gasteiger partial charge on any atom is 0.273 e. The third-order valence-electron chi connectivity index (χ3n) is 8.69. The number of nitrogens with zero attached hydrogens (tertiary/aromatic N) is 3. The number of aryl methyl sites for hydroxylation is 1. The Morgan fingerprint density at radius 2 is 1.62 bits per heavy atom. The molecular weight excluding hydrogens is 588 g/mol. The van der Waals surface area contributed by atoms with Gasteiger partial charge in [-0.05, 0) is 88.6 Å². The van der Waals surface area contributed by atoms with Crippen LogP contribution in [0.25, 0.3) is 33.3 Å². The SMILES string of the molecule is Cn1c(C(=O)Nc2nc(-c3ccccc3O)cc(-c3cccc(C(=O)NC4CC(C)(C)NC(C)(C)C4)c3)c2C#N)cc2ccccc21. The molecule has 1 aliphatic heterocycles. The first-order chi connectivity index (χ1) is 22.3. The van der Waals surface area contributed by atoms with Gasteiger partial charge in [0.1, 0.15) is 23.1 Å². The number of rotatable bonds is 6. The van der Waals surface area contributed by atoms with E-state index in [0.29, 0.717) is 33.6 Å². The summed E-state index contributed by atoms with van der Waals surface area (Å²) in [6, 6.07) is 27.2. The highest BCUT2D eigenvalue weighted by Crippen LogP contribution is 2.36. The minimum atomic E-state index is -0.436. The van der Waals surface area contributed by atoms with Crippen molar-refractivity contribution in [2.75, 3.05) is 5.32 Å². The molecule has 9 nitrogen and oxygen atoms in total. The number of benzene rings is 3. The molecule has 1 fully saturated rings. The van der Waals surface area contributed by atoms with Crippen molar-refractivity contribution in [3.63, 3.8) is 0 Å².